The molecule has 0 aliphatic carbocycles. The molecular weight excluding hydrogens is 400 g/mol. The van der Waals surface area contributed by atoms with Gasteiger partial charge in [-0.15, -0.1) is 0 Å². The highest BCUT2D eigenvalue weighted by Crippen LogP contribution is 2.34. The smallest absolute Gasteiger partial charge is 0.412 e. The van der Waals surface area contributed by atoms with Gasteiger partial charge in [-0.05, 0) is 40.2 Å². The molecule has 2 aliphatic heterocycles. The molecule has 0 aromatic heterocycles. The quantitative estimate of drug-likeness (QED) is 0.724. The first-order chi connectivity index (χ1) is 14.5. The van der Waals surface area contributed by atoms with Crippen LogP contribution in [0.4, 0.5) is 9.59 Å². The van der Waals surface area contributed by atoms with E-state index in [-0.39, 0.29) is 38.4 Å². The Hall–Kier alpha value is -2.61. The van der Waals surface area contributed by atoms with Gasteiger partial charge in [0, 0.05) is 19.4 Å². The lowest BCUT2D eigenvalue weighted by Crippen LogP contribution is -2.60. The summed E-state index contributed by atoms with van der Waals surface area (Å²) in [6, 6.07) is 8.34. The SMILES string of the molecule is CC(C)(C)OC(=O)N1[C@@H]([C@H]2CC(=O)CCN2C(=O)OCc2ccccc2)COC1(C)C. The first-order valence-corrected chi connectivity index (χ1v) is 10.6. The lowest BCUT2D eigenvalue weighted by molar-refractivity contribution is -0.124. The van der Waals surface area contributed by atoms with Crippen molar-refractivity contribution in [2.45, 2.75) is 77.5 Å². The lowest BCUT2D eigenvalue weighted by atomic mass is 9.94. The molecule has 31 heavy (non-hydrogen) atoms. The molecule has 3 rings (SSSR count). The molecule has 0 saturated carbocycles. The van der Waals surface area contributed by atoms with Crippen LogP contribution in [0.25, 0.3) is 0 Å². The van der Waals surface area contributed by atoms with Gasteiger partial charge in [-0.3, -0.25) is 9.69 Å². The number of carbonyl (C=O) groups is 3. The van der Waals surface area contributed by atoms with E-state index in [9.17, 15) is 14.4 Å². The van der Waals surface area contributed by atoms with Crippen LogP contribution < -0.4 is 0 Å². The van der Waals surface area contributed by atoms with Crippen LogP contribution in [0.3, 0.4) is 0 Å². The lowest BCUT2D eigenvalue weighted by Gasteiger charge is -2.42. The molecule has 0 radical (unpaired) electrons. The summed E-state index contributed by atoms with van der Waals surface area (Å²) in [7, 11) is 0. The number of carbonyl (C=O) groups excluding carboxylic acids is 3. The topological polar surface area (TPSA) is 85.4 Å². The monoisotopic (exact) mass is 432 g/mol. The number of hydrogen-bond acceptors (Lipinski definition) is 6. The molecular formula is C23H32N2O6. The van der Waals surface area contributed by atoms with E-state index in [1.807, 2.05) is 30.3 Å². The third-order valence-corrected chi connectivity index (χ3v) is 5.46. The van der Waals surface area contributed by atoms with E-state index in [1.54, 1.807) is 39.5 Å². The minimum absolute atomic E-state index is 0.0472. The Morgan fingerprint density at radius 1 is 1.13 bits per heavy atom. The molecule has 2 atom stereocenters. The summed E-state index contributed by atoms with van der Waals surface area (Å²) in [5.41, 5.74) is -0.731. The van der Waals surface area contributed by atoms with Crippen molar-refractivity contribution in [3.63, 3.8) is 0 Å². The third kappa shape index (κ3) is 5.55. The van der Waals surface area contributed by atoms with Gasteiger partial charge in [-0.2, -0.15) is 0 Å². The van der Waals surface area contributed by atoms with Gasteiger partial charge < -0.3 is 19.1 Å². The fraction of sp³-hybridized carbons (Fsp3) is 0.609. The minimum atomic E-state index is -0.924. The summed E-state index contributed by atoms with van der Waals surface area (Å²) in [5, 5.41) is 0. The van der Waals surface area contributed by atoms with Crippen LogP contribution in [0.1, 0.15) is 53.0 Å². The predicted molar refractivity (Wildman–Crippen MR) is 113 cm³/mol. The first kappa shape index (κ1) is 23.1. The van der Waals surface area contributed by atoms with E-state index in [2.05, 4.69) is 0 Å². The highest BCUT2D eigenvalue weighted by atomic mass is 16.6. The highest BCUT2D eigenvalue weighted by Gasteiger charge is 2.51. The predicted octanol–water partition coefficient (Wildman–Crippen LogP) is 3.73. The van der Waals surface area contributed by atoms with Gasteiger partial charge in [0.1, 0.15) is 23.7 Å². The molecule has 2 amide bonds. The maximum Gasteiger partial charge on any atom is 0.412 e. The number of Topliss-reactive ketones (excluding diaryl/α,β-unsaturated/α-hetero) is 1. The van der Waals surface area contributed by atoms with Crippen LogP contribution in [-0.2, 0) is 25.6 Å². The number of benzene rings is 1. The molecule has 1 aromatic carbocycles. The second kappa shape index (κ2) is 8.86. The van der Waals surface area contributed by atoms with E-state index in [4.69, 9.17) is 14.2 Å². The molecule has 8 nitrogen and oxygen atoms in total. The minimum Gasteiger partial charge on any atom is -0.445 e. The molecule has 2 heterocycles. The van der Waals surface area contributed by atoms with Crippen molar-refractivity contribution in [3.8, 4) is 0 Å². The van der Waals surface area contributed by atoms with Crippen molar-refractivity contribution in [1.82, 2.24) is 9.80 Å². The van der Waals surface area contributed by atoms with Crippen LogP contribution in [0.5, 0.6) is 0 Å². The molecule has 2 fully saturated rings. The summed E-state index contributed by atoms with van der Waals surface area (Å²) in [6.07, 6.45) is -0.629. The fourth-order valence-corrected chi connectivity index (χ4v) is 4.01. The van der Waals surface area contributed by atoms with E-state index >= 15 is 0 Å². The van der Waals surface area contributed by atoms with Gasteiger partial charge in [0.25, 0.3) is 0 Å². The molecule has 1 aromatic rings. The van der Waals surface area contributed by atoms with E-state index in [1.165, 1.54) is 4.90 Å². The molecule has 0 bridgehead atoms. The van der Waals surface area contributed by atoms with Crippen molar-refractivity contribution >= 4 is 18.0 Å². The largest absolute Gasteiger partial charge is 0.445 e. The number of ketones is 1. The summed E-state index contributed by atoms with van der Waals surface area (Å²) in [6.45, 7) is 9.52. The van der Waals surface area contributed by atoms with Gasteiger partial charge in [0.05, 0.1) is 18.7 Å². The summed E-state index contributed by atoms with van der Waals surface area (Å²) < 4.78 is 17.0. The standard InChI is InChI=1S/C23H32N2O6/c1-22(2,3)31-21(28)25-19(15-30-23(25,4)5)18-13-17(26)11-12-24(18)20(27)29-14-16-9-7-6-8-10-16/h6-10,18-19H,11-15H2,1-5H3/t18-,19-/m1/s1. The van der Waals surface area contributed by atoms with Crippen molar-refractivity contribution in [2.24, 2.45) is 0 Å². The molecule has 170 valence electrons. The Morgan fingerprint density at radius 2 is 1.81 bits per heavy atom. The summed E-state index contributed by atoms with van der Waals surface area (Å²) in [4.78, 5) is 41.3. The zero-order valence-corrected chi connectivity index (χ0v) is 18.9. The van der Waals surface area contributed by atoms with Crippen molar-refractivity contribution in [1.29, 1.82) is 0 Å². The van der Waals surface area contributed by atoms with Gasteiger partial charge in [-0.25, -0.2) is 9.59 Å². The number of amides is 2. The van der Waals surface area contributed by atoms with Crippen LogP contribution in [0, 0.1) is 0 Å². The maximum atomic E-state index is 13.0. The number of likely N-dealkylation sites (tertiary alicyclic amines) is 1. The molecule has 8 heteroatoms. The Kier molecular flexibility index (Phi) is 6.59. The van der Waals surface area contributed by atoms with Gasteiger partial charge in [-0.1, -0.05) is 30.3 Å². The van der Waals surface area contributed by atoms with E-state index in [0.717, 1.165) is 5.56 Å². The number of rotatable bonds is 3. The van der Waals surface area contributed by atoms with Crippen LogP contribution in [-0.4, -0.2) is 64.3 Å². The van der Waals surface area contributed by atoms with Crippen LogP contribution in [0.15, 0.2) is 30.3 Å². The van der Waals surface area contributed by atoms with Gasteiger partial charge in [0.15, 0.2) is 0 Å². The van der Waals surface area contributed by atoms with E-state index in [0.29, 0.717) is 0 Å². The highest BCUT2D eigenvalue weighted by molar-refractivity contribution is 5.83. The Bertz CT molecular complexity index is 817. The summed E-state index contributed by atoms with van der Waals surface area (Å²) >= 11 is 0. The third-order valence-electron chi connectivity index (χ3n) is 5.46. The number of hydrogen-bond donors (Lipinski definition) is 0. The molecule has 0 spiro atoms. The Morgan fingerprint density at radius 3 is 2.45 bits per heavy atom. The van der Waals surface area contributed by atoms with Crippen molar-refractivity contribution in [2.75, 3.05) is 13.2 Å². The molecule has 2 aliphatic rings. The van der Waals surface area contributed by atoms with Crippen LogP contribution in [0.2, 0.25) is 0 Å². The fourth-order valence-electron chi connectivity index (χ4n) is 4.01. The average Bonchev–Trinajstić information content (AvgIpc) is 3.00. The second-order valence-corrected chi connectivity index (χ2v) is 9.47. The van der Waals surface area contributed by atoms with Crippen LogP contribution >= 0.6 is 0 Å². The molecule has 0 unspecified atom stereocenters. The number of nitrogens with zero attached hydrogens (tertiary/aromatic N) is 2. The number of ether oxygens (including phenoxy) is 3. The zero-order chi connectivity index (χ0) is 22.8. The van der Waals surface area contributed by atoms with Crippen molar-refractivity contribution < 1.29 is 28.6 Å². The Balaban J connectivity index is 1.79. The maximum absolute atomic E-state index is 13.0. The number of piperidine rings is 1. The zero-order valence-electron chi connectivity index (χ0n) is 18.9. The first-order valence-electron chi connectivity index (χ1n) is 10.6. The second-order valence-electron chi connectivity index (χ2n) is 9.47. The summed E-state index contributed by atoms with van der Waals surface area (Å²) in [5.74, 6) is 0.0472. The average molecular weight is 433 g/mol. The molecule has 0 N–H and O–H groups in total. The van der Waals surface area contributed by atoms with Gasteiger partial charge in [0.2, 0.25) is 0 Å². The Labute approximate surface area is 183 Å². The van der Waals surface area contributed by atoms with Gasteiger partial charge >= 0.3 is 12.2 Å². The van der Waals surface area contributed by atoms with Crippen molar-refractivity contribution in [3.05, 3.63) is 35.9 Å². The normalized spacial score (nSPS) is 23.6. The molecule has 2 saturated heterocycles. The van der Waals surface area contributed by atoms with E-state index < -0.39 is 35.6 Å².